The van der Waals surface area contributed by atoms with Gasteiger partial charge in [-0.15, -0.1) is 0 Å². The van der Waals surface area contributed by atoms with Crippen molar-refractivity contribution in [1.82, 2.24) is 0 Å². The van der Waals surface area contributed by atoms with Gasteiger partial charge < -0.3 is 0 Å². The molecule has 0 amide bonds. The van der Waals surface area contributed by atoms with Gasteiger partial charge in [0.15, 0.2) is 0 Å². The van der Waals surface area contributed by atoms with Gasteiger partial charge in [0, 0.05) is 0 Å². The predicted octanol–water partition coefficient (Wildman–Crippen LogP) is 5.59. The molecule has 0 heterocycles. The topological polar surface area (TPSA) is 23.8 Å². The summed E-state index contributed by atoms with van der Waals surface area (Å²) in [6.07, 6.45) is 2.01. The van der Waals surface area contributed by atoms with Crippen molar-refractivity contribution in [1.29, 1.82) is 5.26 Å². The van der Waals surface area contributed by atoms with Crippen molar-refractivity contribution in [2.75, 3.05) is 6.26 Å². The standard InChI is InChI=1S/C22H19INPS/c1-26-18-22(17-24)25(23,19-11-5-2-6-12-19,20-13-7-3-8-14-20)21-15-9-4-10-16-21/h2-16,18H,1H3. The molecule has 0 aliphatic rings. The molecule has 0 spiro atoms. The maximum absolute atomic E-state index is 10.2. The maximum atomic E-state index is 10.2. The Bertz CT molecular complexity index is 850. The van der Waals surface area contributed by atoms with E-state index in [9.17, 15) is 5.26 Å². The van der Waals surface area contributed by atoms with Crippen LogP contribution in [0.3, 0.4) is 0 Å². The number of rotatable bonds is 5. The van der Waals surface area contributed by atoms with E-state index in [1.54, 1.807) is 11.8 Å². The molecule has 0 bridgehead atoms. The van der Waals surface area contributed by atoms with Gasteiger partial charge in [-0.1, -0.05) is 0 Å². The van der Waals surface area contributed by atoms with Crippen LogP contribution in [0.15, 0.2) is 102 Å². The molecular weight excluding hydrogens is 468 g/mol. The average Bonchev–Trinajstić information content (AvgIpc) is 2.73. The van der Waals surface area contributed by atoms with Gasteiger partial charge in [0.1, 0.15) is 0 Å². The molecule has 3 aromatic carbocycles. The Kier molecular flexibility index (Phi) is 5.87. The Hall–Kier alpha value is -1.60. The Labute approximate surface area is 172 Å². The molecule has 4 heteroatoms. The zero-order chi connectivity index (χ0) is 18.5. The predicted molar refractivity (Wildman–Crippen MR) is 126 cm³/mol. The van der Waals surface area contributed by atoms with Crippen LogP contribution >= 0.6 is 38.0 Å². The number of allylic oxidation sites excluding steroid dienone is 1. The Morgan fingerprint density at radius 3 is 1.42 bits per heavy atom. The second-order valence-electron chi connectivity index (χ2n) is 5.87. The van der Waals surface area contributed by atoms with E-state index in [4.69, 9.17) is 0 Å². The van der Waals surface area contributed by atoms with Gasteiger partial charge in [-0.05, 0) is 0 Å². The molecule has 3 aromatic rings. The summed E-state index contributed by atoms with van der Waals surface area (Å²) < 4.78 is -3.14. The molecule has 0 aliphatic heterocycles. The van der Waals surface area contributed by atoms with Crippen molar-refractivity contribution in [3.63, 3.8) is 0 Å². The van der Waals surface area contributed by atoms with Gasteiger partial charge in [-0.2, -0.15) is 0 Å². The fraction of sp³-hybridized carbons (Fsp3) is 0.0455. The van der Waals surface area contributed by atoms with E-state index in [1.165, 1.54) is 15.9 Å². The van der Waals surface area contributed by atoms with E-state index in [0.29, 0.717) is 0 Å². The zero-order valence-electron chi connectivity index (χ0n) is 14.4. The van der Waals surface area contributed by atoms with Gasteiger partial charge in [0.25, 0.3) is 0 Å². The van der Waals surface area contributed by atoms with Crippen LogP contribution in [0.4, 0.5) is 0 Å². The molecule has 26 heavy (non-hydrogen) atoms. The number of hydrogen-bond acceptors (Lipinski definition) is 2. The summed E-state index contributed by atoms with van der Waals surface area (Å²) >= 11 is 4.20. The quantitative estimate of drug-likeness (QED) is 0.266. The number of hydrogen-bond donors (Lipinski definition) is 0. The van der Waals surface area contributed by atoms with E-state index < -0.39 is 4.25 Å². The van der Waals surface area contributed by atoms with Crippen molar-refractivity contribution in [3.8, 4) is 6.07 Å². The van der Waals surface area contributed by atoms with E-state index >= 15 is 0 Å². The van der Waals surface area contributed by atoms with Crippen LogP contribution in [-0.2, 0) is 0 Å². The van der Waals surface area contributed by atoms with Crippen LogP contribution in [0.5, 0.6) is 0 Å². The van der Waals surface area contributed by atoms with Crippen LogP contribution in [0.1, 0.15) is 0 Å². The number of halogens is 1. The summed E-state index contributed by atoms with van der Waals surface area (Å²) in [4.78, 5) is 0. The molecule has 1 nitrogen and oxygen atoms in total. The SMILES string of the molecule is CSC=C(C#N)P(I)(c1ccccc1)(c1ccccc1)c1ccccc1. The van der Waals surface area contributed by atoms with Crippen molar-refractivity contribution in [2.24, 2.45) is 0 Å². The summed E-state index contributed by atoms with van der Waals surface area (Å²) in [6.45, 7) is 0. The van der Waals surface area contributed by atoms with E-state index in [2.05, 4.69) is 101 Å². The summed E-state index contributed by atoms with van der Waals surface area (Å²) in [5, 5.41) is 16.7. The minimum atomic E-state index is -3.14. The van der Waals surface area contributed by atoms with E-state index in [1.807, 2.05) is 29.9 Å². The second kappa shape index (κ2) is 7.96. The fourth-order valence-electron chi connectivity index (χ4n) is 3.32. The monoisotopic (exact) mass is 487 g/mol. The van der Waals surface area contributed by atoms with E-state index in [-0.39, 0.29) is 0 Å². The van der Waals surface area contributed by atoms with Gasteiger partial charge >= 0.3 is 173 Å². The third kappa shape index (κ3) is 2.91. The van der Waals surface area contributed by atoms with Gasteiger partial charge in [-0.25, -0.2) is 0 Å². The van der Waals surface area contributed by atoms with Crippen LogP contribution in [0.2, 0.25) is 0 Å². The normalized spacial score (nSPS) is 13.4. The van der Waals surface area contributed by atoms with Crippen LogP contribution < -0.4 is 15.9 Å². The second-order valence-corrected chi connectivity index (χ2v) is 16.4. The number of thioether (sulfide) groups is 1. The Morgan fingerprint density at radius 1 is 0.808 bits per heavy atom. The Balaban J connectivity index is 2.57. The van der Waals surface area contributed by atoms with Crippen molar-refractivity contribution in [3.05, 3.63) is 102 Å². The molecule has 130 valence electrons. The van der Waals surface area contributed by atoms with Gasteiger partial charge in [0.05, 0.1) is 0 Å². The fourth-order valence-corrected chi connectivity index (χ4v) is 13.1. The average molecular weight is 487 g/mol. The summed E-state index contributed by atoms with van der Waals surface area (Å²) in [5.74, 6) is 0. The Morgan fingerprint density at radius 2 is 1.15 bits per heavy atom. The van der Waals surface area contributed by atoms with Crippen molar-refractivity contribution < 1.29 is 0 Å². The summed E-state index contributed by atoms with van der Waals surface area (Å²) in [7, 11) is 0. The third-order valence-electron chi connectivity index (χ3n) is 4.52. The number of nitrogens with zero attached hydrogens (tertiary/aromatic N) is 1. The van der Waals surface area contributed by atoms with Crippen LogP contribution in [-0.4, -0.2) is 6.26 Å². The first-order valence-electron chi connectivity index (χ1n) is 8.20. The molecular formula is C22H19INPS. The molecule has 0 fully saturated rings. The van der Waals surface area contributed by atoms with E-state index in [0.717, 1.165) is 5.31 Å². The molecule has 3 rings (SSSR count). The van der Waals surface area contributed by atoms with Crippen molar-refractivity contribution >= 4 is 54.0 Å². The molecule has 0 saturated carbocycles. The van der Waals surface area contributed by atoms with Gasteiger partial charge in [0.2, 0.25) is 0 Å². The molecule has 0 unspecified atom stereocenters. The first-order chi connectivity index (χ1) is 12.7. The zero-order valence-corrected chi connectivity index (χ0v) is 18.3. The third-order valence-corrected chi connectivity index (χ3v) is 16.7. The molecule has 0 atom stereocenters. The molecule has 0 aliphatic carbocycles. The molecule has 0 radical (unpaired) electrons. The number of benzene rings is 3. The van der Waals surface area contributed by atoms with Crippen LogP contribution in [0, 0.1) is 11.3 Å². The minimum absolute atomic E-state index is 0.827. The van der Waals surface area contributed by atoms with Crippen molar-refractivity contribution in [2.45, 2.75) is 0 Å². The summed E-state index contributed by atoms with van der Waals surface area (Å²) in [6, 6.07) is 34.0. The van der Waals surface area contributed by atoms with Gasteiger partial charge in [-0.3, -0.25) is 0 Å². The van der Waals surface area contributed by atoms with Crippen LogP contribution in [0.25, 0.3) is 0 Å². The molecule has 0 saturated heterocycles. The number of nitriles is 1. The first kappa shape index (κ1) is 19.2. The first-order valence-corrected chi connectivity index (χ1v) is 14.5. The molecule has 0 N–H and O–H groups in total. The molecule has 0 aromatic heterocycles. The summed E-state index contributed by atoms with van der Waals surface area (Å²) in [5.41, 5.74) is 0.